The second kappa shape index (κ2) is 6.35. The first kappa shape index (κ1) is 15.0. The van der Waals surface area contributed by atoms with Gasteiger partial charge in [-0.2, -0.15) is 0 Å². The predicted molar refractivity (Wildman–Crippen MR) is 78.6 cm³/mol. The van der Waals surface area contributed by atoms with Gasteiger partial charge in [0.2, 0.25) is 10.0 Å². The highest BCUT2D eigenvalue weighted by Gasteiger charge is 2.26. The second-order valence-corrected chi connectivity index (χ2v) is 7.92. The van der Waals surface area contributed by atoms with Crippen LogP contribution in [0.1, 0.15) is 43.9 Å². The fraction of sp³-hybridized carbons (Fsp3) is 0.692. The molecule has 0 spiro atoms. The SMILES string of the molecule is CCC1CCCC(NS(=O)(=O)c2csc(CN)c2)C1. The third-order valence-corrected chi connectivity index (χ3v) is 6.43. The molecule has 19 heavy (non-hydrogen) atoms. The first-order valence-electron chi connectivity index (χ1n) is 6.85. The normalized spacial score (nSPS) is 24.5. The second-order valence-electron chi connectivity index (χ2n) is 5.21. The topological polar surface area (TPSA) is 72.2 Å². The zero-order valence-electron chi connectivity index (χ0n) is 11.3. The average molecular weight is 302 g/mol. The zero-order valence-corrected chi connectivity index (χ0v) is 12.9. The van der Waals surface area contributed by atoms with Crippen molar-refractivity contribution in [1.29, 1.82) is 0 Å². The molecule has 1 heterocycles. The van der Waals surface area contributed by atoms with E-state index >= 15 is 0 Å². The molecule has 1 aliphatic carbocycles. The molecule has 3 N–H and O–H groups in total. The lowest BCUT2D eigenvalue weighted by atomic mass is 9.85. The molecular weight excluding hydrogens is 280 g/mol. The molecule has 1 aromatic rings. The summed E-state index contributed by atoms with van der Waals surface area (Å²) >= 11 is 1.40. The van der Waals surface area contributed by atoms with Gasteiger partial charge in [-0.05, 0) is 24.8 Å². The number of hydrogen-bond donors (Lipinski definition) is 2. The first-order chi connectivity index (χ1) is 9.05. The van der Waals surface area contributed by atoms with Crippen LogP contribution < -0.4 is 10.5 Å². The van der Waals surface area contributed by atoms with E-state index in [-0.39, 0.29) is 6.04 Å². The molecule has 108 valence electrons. The number of hydrogen-bond acceptors (Lipinski definition) is 4. The molecule has 1 aliphatic rings. The molecular formula is C13H22N2O2S2. The van der Waals surface area contributed by atoms with Crippen molar-refractivity contribution in [3.05, 3.63) is 16.3 Å². The first-order valence-corrected chi connectivity index (χ1v) is 9.21. The maximum atomic E-state index is 12.3. The fourth-order valence-electron chi connectivity index (χ4n) is 2.66. The predicted octanol–water partition coefficient (Wildman–Crippen LogP) is 2.45. The molecule has 2 atom stereocenters. The molecule has 1 aromatic heterocycles. The van der Waals surface area contributed by atoms with E-state index in [0.29, 0.717) is 17.4 Å². The summed E-state index contributed by atoms with van der Waals surface area (Å²) in [6, 6.07) is 1.76. The Morgan fingerprint density at radius 2 is 2.26 bits per heavy atom. The lowest BCUT2D eigenvalue weighted by molar-refractivity contribution is 0.301. The molecule has 0 radical (unpaired) electrons. The van der Waals surface area contributed by atoms with Crippen LogP contribution in [0.25, 0.3) is 0 Å². The number of nitrogens with one attached hydrogen (secondary N) is 1. The summed E-state index contributed by atoms with van der Waals surface area (Å²) in [6.45, 7) is 2.56. The average Bonchev–Trinajstić information content (AvgIpc) is 2.88. The van der Waals surface area contributed by atoms with Crippen LogP contribution in [0.2, 0.25) is 0 Å². The Morgan fingerprint density at radius 1 is 1.47 bits per heavy atom. The molecule has 1 saturated carbocycles. The number of nitrogens with two attached hydrogens (primary N) is 1. The van der Waals surface area contributed by atoms with Gasteiger partial charge in [-0.3, -0.25) is 0 Å². The van der Waals surface area contributed by atoms with E-state index in [2.05, 4.69) is 11.6 Å². The number of sulfonamides is 1. The molecule has 0 bridgehead atoms. The molecule has 2 rings (SSSR count). The smallest absolute Gasteiger partial charge is 0.241 e. The van der Waals surface area contributed by atoms with Crippen LogP contribution in [-0.2, 0) is 16.6 Å². The third kappa shape index (κ3) is 3.78. The number of thiophene rings is 1. The van der Waals surface area contributed by atoms with E-state index < -0.39 is 10.0 Å². The lowest BCUT2D eigenvalue weighted by Gasteiger charge is -2.28. The highest BCUT2D eigenvalue weighted by Crippen LogP contribution is 2.28. The monoisotopic (exact) mass is 302 g/mol. The van der Waals surface area contributed by atoms with Gasteiger partial charge in [0.15, 0.2) is 0 Å². The molecule has 0 saturated heterocycles. The van der Waals surface area contributed by atoms with Gasteiger partial charge in [-0.1, -0.05) is 26.2 Å². The Bertz CT molecular complexity index is 510. The minimum absolute atomic E-state index is 0.0879. The summed E-state index contributed by atoms with van der Waals surface area (Å²) < 4.78 is 27.4. The van der Waals surface area contributed by atoms with Crippen molar-refractivity contribution in [3.63, 3.8) is 0 Å². The molecule has 6 heteroatoms. The van der Waals surface area contributed by atoms with Gasteiger partial charge < -0.3 is 5.73 Å². The van der Waals surface area contributed by atoms with E-state index in [1.165, 1.54) is 17.8 Å². The van der Waals surface area contributed by atoms with Crippen molar-refractivity contribution >= 4 is 21.4 Å². The highest BCUT2D eigenvalue weighted by molar-refractivity contribution is 7.89. The third-order valence-electron chi connectivity index (χ3n) is 3.82. The summed E-state index contributed by atoms with van der Waals surface area (Å²) in [5.74, 6) is 0.656. The maximum Gasteiger partial charge on any atom is 0.241 e. The van der Waals surface area contributed by atoms with Crippen LogP contribution in [-0.4, -0.2) is 14.5 Å². The van der Waals surface area contributed by atoms with E-state index in [0.717, 1.165) is 30.6 Å². The van der Waals surface area contributed by atoms with Crippen molar-refractivity contribution in [2.24, 2.45) is 11.7 Å². The van der Waals surface area contributed by atoms with E-state index in [1.807, 2.05) is 0 Å². The van der Waals surface area contributed by atoms with Crippen molar-refractivity contribution in [3.8, 4) is 0 Å². The van der Waals surface area contributed by atoms with Crippen molar-refractivity contribution in [2.45, 2.75) is 56.5 Å². The van der Waals surface area contributed by atoms with E-state index in [9.17, 15) is 8.42 Å². The standard InChI is InChI=1S/C13H22N2O2S2/c1-2-10-4-3-5-11(6-10)15-19(16,17)13-7-12(8-14)18-9-13/h7,9-11,15H,2-6,8,14H2,1H3. The summed E-state index contributed by atoms with van der Waals surface area (Å²) in [7, 11) is -3.38. The van der Waals surface area contributed by atoms with E-state index in [4.69, 9.17) is 5.73 Å². The number of rotatable bonds is 5. The minimum Gasteiger partial charge on any atom is -0.326 e. The highest BCUT2D eigenvalue weighted by atomic mass is 32.2. The Labute approximate surface area is 119 Å². The van der Waals surface area contributed by atoms with Crippen molar-refractivity contribution in [2.75, 3.05) is 0 Å². The Morgan fingerprint density at radius 3 is 2.89 bits per heavy atom. The Balaban J connectivity index is 2.04. The van der Waals surface area contributed by atoms with Crippen LogP contribution in [0.15, 0.2) is 16.3 Å². The van der Waals surface area contributed by atoms with Crippen molar-refractivity contribution in [1.82, 2.24) is 4.72 Å². The summed E-state index contributed by atoms with van der Waals surface area (Å²) in [5, 5.41) is 1.67. The maximum absolute atomic E-state index is 12.3. The summed E-state index contributed by atoms with van der Waals surface area (Å²) in [4.78, 5) is 1.26. The largest absolute Gasteiger partial charge is 0.326 e. The van der Waals surface area contributed by atoms with Gasteiger partial charge in [0.1, 0.15) is 0 Å². The minimum atomic E-state index is -3.38. The van der Waals surface area contributed by atoms with Crippen LogP contribution in [0.4, 0.5) is 0 Å². The zero-order chi connectivity index (χ0) is 13.9. The quantitative estimate of drug-likeness (QED) is 0.877. The Kier molecular flexibility index (Phi) is 5.00. The molecule has 4 nitrogen and oxygen atoms in total. The molecule has 1 fully saturated rings. The van der Waals surface area contributed by atoms with Crippen LogP contribution >= 0.6 is 11.3 Å². The summed E-state index contributed by atoms with van der Waals surface area (Å²) in [5.41, 5.74) is 5.52. The van der Waals surface area contributed by atoms with Crippen LogP contribution in [0.3, 0.4) is 0 Å². The van der Waals surface area contributed by atoms with Gasteiger partial charge >= 0.3 is 0 Å². The van der Waals surface area contributed by atoms with Gasteiger partial charge in [0, 0.05) is 22.8 Å². The van der Waals surface area contributed by atoms with Crippen LogP contribution in [0, 0.1) is 5.92 Å². The molecule has 0 amide bonds. The molecule has 2 unspecified atom stereocenters. The fourth-order valence-corrected chi connectivity index (χ4v) is 5.10. The van der Waals surface area contributed by atoms with Gasteiger partial charge in [0.25, 0.3) is 0 Å². The molecule has 0 aromatic carbocycles. The summed E-state index contributed by atoms with van der Waals surface area (Å²) in [6.07, 6.45) is 5.38. The van der Waals surface area contributed by atoms with Gasteiger partial charge in [-0.15, -0.1) is 11.3 Å². The van der Waals surface area contributed by atoms with Crippen LogP contribution in [0.5, 0.6) is 0 Å². The van der Waals surface area contributed by atoms with E-state index in [1.54, 1.807) is 11.4 Å². The van der Waals surface area contributed by atoms with Crippen molar-refractivity contribution < 1.29 is 8.42 Å². The Hall–Kier alpha value is -0.430. The lowest BCUT2D eigenvalue weighted by Crippen LogP contribution is -2.38. The molecule has 0 aliphatic heterocycles. The van der Waals surface area contributed by atoms with Gasteiger partial charge in [0.05, 0.1) is 4.90 Å². The van der Waals surface area contributed by atoms with Gasteiger partial charge in [-0.25, -0.2) is 13.1 Å².